The van der Waals surface area contributed by atoms with Crippen molar-refractivity contribution < 1.29 is 13.9 Å². The molecule has 1 aromatic heterocycles. The molecule has 5 aromatic rings. The van der Waals surface area contributed by atoms with Crippen LogP contribution in [0.3, 0.4) is 0 Å². The minimum atomic E-state index is -0.546. The second-order valence-electron chi connectivity index (χ2n) is 11.9. The zero-order valence-electron chi connectivity index (χ0n) is 23.2. The van der Waals surface area contributed by atoms with E-state index in [0.717, 1.165) is 22.2 Å². The third-order valence-corrected chi connectivity index (χ3v) is 6.92. The number of hydrogen-bond donors (Lipinski definition) is 1. The van der Waals surface area contributed by atoms with Gasteiger partial charge in [0.25, 0.3) is 0 Å². The summed E-state index contributed by atoms with van der Waals surface area (Å²) >= 11 is 0. The summed E-state index contributed by atoms with van der Waals surface area (Å²) < 4.78 is 20.6. The Hall–Kier alpha value is -4.25. The third kappa shape index (κ3) is 5.35. The molecule has 0 aliphatic heterocycles. The van der Waals surface area contributed by atoms with Gasteiger partial charge in [-0.25, -0.2) is 9.37 Å². The number of para-hydroxylation sites is 1. The number of phenolic OH excluding ortho intramolecular Hbond substituents is 1. The van der Waals surface area contributed by atoms with E-state index >= 15 is 0 Å². The molecular weight excluding hydrogens is 487 g/mol. The third-order valence-electron chi connectivity index (χ3n) is 6.92. The van der Waals surface area contributed by atoms with Gasteiger partial charge in [0.15, 0.2) is 5.58 Å². The predicted octanol–water partition coefficient (Wildman–Crippen LogP) is 9.35. The van der Waals surface area contributed by atoms with Crippen molar-refractivity contribution in [3.63, 3.8) is 0 Å². The monoisotopic (exact) mass is 520 g/mol. The first-order chi connectivity index (χ1) is 18.4. The van der Waals surface area contributed by atoms with Crippen LogP contribution in [-0.4, -0.2) is 16.3 Å². The van der Waals surface area contributed by atoms with Gasteiger partial charge in [-0.3, -0.25) is 4.99 Å². The summed E-state index contributed by atoms with van der Waals surface area (Å²) in [5, 5.41) is 10.1. The van der Waals surface area contributed by atoms with E-state index < -0.39 is 5.82 Å². The van der Waals surface area contributed by atoms with Gasteiger partial charge in [-0.15, -0.1) is 0 Å². The van der Waals surface area contributed by atoms with Crippen molar-refractivity contribution in [2.75, 3.05) is 0 Å². The molecular formula is C34H33FN2O2. The Morgan fingerprint density at radius 2 is 1.49 bits per heavy atom. The first-order valence-corrected chi connectivity index (χ1v) is 13.1. The molecule has 1 heterocycles. The predicted molar refractivity (Wildman–Crippen MR) is 158 cm³/mol. The fourth-order valence-corrected chi connectivity index (χ4v) is 4.50. The highest BCUT2D eigenvalue weighted by atomic mass is 19.1. The summed E-state index contributed by atoms with van der Waals surface area (Å²) in [5.41, 5.74) is 7.18. The average Bonchev–Trinajstić information content (AvgIpc) is 3.31. The van der Waals surface area contributed by atoms with E-state index in [-0.39, 0.29) is 22.1 Å². The molecule has 198 valence electrons. The van der Waals surface area contributed by atoms with Crippen LogP contribution in [0, 0.1) is 5.82 Å². The molecule has 0 saturated heterocycles. The smallest absolute Gasteiger partial charge is 0.229 e. The molecule has 0 aliphatic carbocycles. The molecule has 0 aliphatic rings. The SMILES string of the molecule is CC(C)(C)c1ccc(-c2cc(C(C)(C)C)cc3oc(-c4ccccc4N=Cc4c(O)cccc4F)nc23)cc1. The fraction of sp³-hybridized carbons (Fsp3) is 0.235. The second-order valence-corrected chi connectivity index (χ2v) is 11.9. The molecule has 0 fully saturated rings. The van der Waals surface area contributed by atoms with Gasteiger partial charge in [-0.05, 0) is 63.9 Å². The van der Waals surface area contributed by atoms with E-state index in [1.807, 2.05) is 24.3 Å². The number of aromatic nitrogens is 1. The molecule has 1 N–H and O–H groups in total. The van der Waals surface area contributed by atoms with Crippen molar-refractivity contribution in [3.05, 3.63) is 101 Å². The zero-order chi connectivity index (χ0) is 27.9. The number of benzene rings is 4. The first-order valence-electron chi connectivity index (χ1n) is 13.1. The Morgan fingerprint density at radius 1 is 0.795 bits per heavy atom. The Kier molecular flexibility index (Phi) is 6.63. The van der Waals surface area contributed by atoms with Crippen molar-refractivity contribution >= 4 is 23.0 Å². The lowest BCUT2D eigenvalue weighted by atomic mass is 9.84. The number of hydrogen-bond acceptors (Lipinski definition) is 4. The van der Waals surface area contributed by atoms with Crippen LogP contribution in [0.1, 0.15) is 58.2 Å². The number of aromatic hydroxyl groups is 1. The van der Waals surface area contributed by atoms with E-state index in [0.29, 0.717) is 22.7 Å². The average molecular weight is 521 g/mol. The molecule has 0 radical (unpaired) electrons. The molecule has 4 aromatic carbocycles. The van der Waals surface area contributed by atoms with Gasteiger partial charge >= 0.3 is 0 Å². The lowest BCUT2D eigenvalue weighted by Crippen LogP contribution is -2.11. The Morgan fingerprint density at radius 3 is 2.15 bits per heavy atom. The summed E-state index contributed by atoms with van der Waals surface area (Å²) in [4.78, 5) is 9.43. The molecule has 39 heavy (non-hydrogen) atoms. The van der Waals surface area contributed by atoms with Gasteiger partial charge < -0.3 is 9.52 Å². The van der Waals surface area contributed by atoms with Gasteiger partial charge in [0.05, 0.1) is 16.8 Å². The van der Waals surface area contributed by atoms with Crippen LogP contribution in [0.5, 0.6) is 5.75 Å². The van der Waals surface area contributed by atoms with Crippen LogP contribution in [0.15, 0.2) is 88.3 Å². The lowest BCUT2D eigenvalue weighted by Gasteiger charge is -2.21. The van der Waals surface area contributed by atoms with E-state index in [4.69, 9.17) is 9.40 Å². The summed E-state index contributed by atoms with van der Waals surface area (Å²) in [6, 6.07) is 24.5. The van der Waals surface area contributed by atoms with Crippen molar-refractivity contribution in [3.8, 4) is 28.3 Å². The quantitative estimate of drug-likeness (QED) is 0.240. The van der Waals surface area contributed by atoms with Crippen LogP contribution in [0.4, 0.5) is 10.1 Å². The van der Waals surface area contributed by atoms with Gasteiger partial charge in [-0.1, -0.05) is 84.0 Å². The number of halogens is 1. The molecule has 0 spiro atoms. The van der Waals surface area contributed by atoms with Crippen LogP contribution in [0.2, 0.25) is 0 Å². The standard InChI is InChI=1S/C34H33FN2O2/c1-33(2,3)22-16-14-21(15-17-22)25-18-23(34(4,5)6)19-30-31(25)37-32(39-30)24-10-7-8-12-28(24)36-20-26-27(35)11-9-13-29(26)38/h7-20,38H,1-6H3. The van der Waals surface area contributed by atoms with Gasteiger partial charge in [0, 0.05) is 11.8 Å². The maximum Gasteiger partial charge on any atom is 0.229 e. The second kappa shape index (κ2) is 9.81. The van der Waals surface area contributed by atoms with Gasteiger partial charge in [0.2, 0.25) is 5.89 Å². The molecule has 4 nitrogen and oxygen atoms in total. The van der Waals surface area contributed by atoms with E-state index in [1.54, 1.807) is 0 Å². The lowest BCUT2D eigenvalue weighted by molar-refractivity contribution is 0.468. The minimum absolute atomic E-state index is 0.0284. The van der Waals surface area contributed by atoms with Crippen molar-refractivity contribution in [1.29, 1.82) is 0 Å². The minimum Gasteiger partial charge on any atom is -0.507 e. The number of nitrogens with zero attached hydrogens (tertiary/aromatic N) is 2. The summed E-state index contributed by atoms with van der Waals surface area (Å²) in [6.07, 6.45) is 1.33. The molecule has 0 bridgehead atoms. The topological polar surface area (TPSA) is 58.6 Å². The summed E-state index contributed by atoms with van der Waals surface area (Å²) in [6.45, 7) is 13.2. The Balaban J connectivity index is 1.65. The highest BCUT2D eigenvalue weighted by Gasteiger charge is 2.22. The summed E-state index contributed by atoms with van der Waals surface area (Å²) in [7, 11) is 0. The number of aliphatic imine (C=N–C) groups is 1. The maximum atomic E-state index is 14.3. The molecule has 5 rings (SSSR count). The van der Waals surface area contributed by atoms with Crippen molar-refractivity contribution in [1.82, 2.24) is 4.98 Å². The van der Waals surface area contributed by atoms with Crippen LogP contribution >= 0.6 is 0 Å². The van der Waals surface area contributed by atoms with Crippen molar-refractivity contribution in [2.24, 2.45) is 4.99 Å². The highest BCUT2D eigenvalue weighted by molar-refractivity contribution is 5.94. The van der Waals surface area contributed by atoms with E-state index in [2.05, 4.69) is 82.9 Å². The highest BCUT2D eigenvalue weighted by Crippen LogP contribution is 2.39. The van der Waals surface area contributed by atoms with Gasteiger partial charge in [0.1, 0.15) is 17.1 Å². The van der Waals surface area contributed by atoms with E-state index in [9.17, 15) is 9.50 Å². The zero-order valence-corrected chi connectivity index (χ0v) is 23.2. The Bertz CT molecular complexity index is 1660. The van der Waals surface area contributed by atoms with E-state index in [1.165, 1.54) is 30.0 Å². The Labute approximate surface area is 228 Å². The molecule has 0 saturated carbocycles. The number of fused-ring (bicyclic) bond motifs is 1. The maximum absolute atomic E-state index is 14.3. The first kappa shape index (κ1) is 26.4. The molecule has 0 amide bonds. The summed E-state index contributed by atoms with van der Waals surface area (Å²) in [5.74, 6) is -0.293. The number of oxazole rings is 1. The largest absolute Gasteiger partial charge is 0.507 e. The van der Waals surface area contributed by atoms with Crippen molar-refractivity contribution in [2.45, 2.75) is 52.4 Å². The molecule has 5 heteroatoms. The van der Waals surface area contributed by atoms with Gasteiger partial charge in [-0.2, -0.15) is 0 Å². The molecule has 0 atom stereocenters. The fourth-order valence-electron chi connectivity index (χ4n) is 4.50. The molecule has 0 unspecified atom stereocenters. The van der Waals surface area contributed by atoms with Crippen LogP contribution in [-0.2, 0) is 10.8 Å². The normalized spacial score (nSPS) is 12.5. The number of phenols is 1. The van der Waals surface area contributed by atoms with Crippen LogP contribution in [0.25, 0.3) is 33.7 Å². The van der Waals surface area contributed by atoms with Crippen LogP contribution < -0.4 is 0 Å². The number of rotatable bonds is 4.